The van der Waals surface area contributed by atoms with Crippen LogP contribution in [0.1, 0.15) is 26.3 Å². The van der Waals surface area contributed by atoms with Gasteiger partial charge in [0.25, 0.3) is 11.8 Å². The molecule has 0 aliphatic carbocycles. The molecular formula is C31H30F3N7O3. The molecule has 1 aliphatic heterocycles. The van der Waals surface area contributed by atoms with Gasteiger partial charge in [-0.1, -0.05) is 6.07 Å². The molecule has 0 unspecified atom stereocenters. The number of aryl methyl sites for hydroxylation is 1. The van der Waals surface area contributed by atoms with E-state index in [1.54, 1.807) is 19.1 Å². The summed E-state index contributed by atoms with van der Waals surface area (Å²) in [6.45, 7) is 5.78. The first kappa shape index (κ1) is 30.3. The Morgan fingerprint density at radius 2 is 1.41 bits per heavy atom. The van der Waals surface area contributed by atoms with Gasteiger partial charge in [0.1, 0.15) is 5.75 Å². The molecule has 4 aromatic rings. The summed E-state index contributed by atoms with van der Waals surface area (Å²) in [6, 6.07) is 17.4. The van der Waals surface area contributed by atoms with Gasteiger partial charge in [-0.15, -0.1) is 13.2 Å². The van der Waals surface area contributed by atoms with E-state index in [0.717, 1.165) is 49.7 Å². The first-order valence-corrected chi connectivity index (χ1v) is 13.7. The second kappa shape index (κ2) is 13.0. The topological polar surface area (TPSA) is 112 Å². The summed E-state index contributed by atoms with van der Waals surface area (Å²) in [5, 5.41) is 8.56. The summed E-state index contributed by atoms with van der Waals surface area (Å²) < 4.78 is 41.0. The van der Waals surface area contributed by atoms with Crippen molar-refractivity contribution < 1.29 is 27.5 Å². The minimum Gasteiger partial charge on any atom is -0.406 e. The van der Waals surface area contributed by atoms with Crippen molar-refractivity contribution in [3.63, 3.8) is 0 Å². The Hall–Kier alpha value is -5.17. The average molecular weight is 606 g/mol. The van der Waals surface area contributed by atoms with Crippen LogP contribution in [0.2, 0.25) is 0 Å². The van der Waals surface area contributed by atoms with Crippen LogP contribution in [0.3, 0.4) is 0 Å². The number of ether oxygens (including phenoxy) is 1. The Labute approximate surface area is 251 Å². The lowest BCUT2D eigenvalue weighted by Gasteiger charge is -2.34. The van der Waals surface area contributed by atoms with Crippen molar-refractivity contribution in [1.82, 2.24) is 14.9 Å². The smallest absolute Gasteiger partial charge is 0.406 e. The molecule has 44 heavy (non-hydrogen) atoms. The predicted molar refractivity (Wildman–Crippen MR) is 162 cm³/mol. The van der Waals surface area contributed by atoms with Crippen molar-refractivity contribution in [2.24, 2.45) is 0 Å². The zero-order valence-corrected chi connectivity index (χ0v) is 24.0. The number of hydrogen-bond donors (Lipinski definition) is 3. The normalized spacial score (nSPS) is 13.7. The molecule has 2 heterocycles. The number of hydrogen-bond acceptors (Lipinski definition) is 8. The van der Waals surface area contributed by atoms with Crippen LogP contribution in [0.25, 0.3) is 0 Å². The van der Waals surface area contributed by atoms with Crippen LogP contribution in [0.15, 0.2) is 79.1 Å². The van der Waals surface area contributed by atoms with Crippen LogP contribution >= 0.6 is 0 Å². The minimum absolute atomic E-state index is 0.114. The zero-order valence-electron chi connectivity index (χ0n) is 24.0. The van der Waals surface area contributed by atoms with Crippen LogP contribution in [-0.2, 0) is 0 Å². The first-order chi connectivity index (χ1) is 21.0. The quantitative estimate of drug-likeness (QED) is 0.235. The Morgan fingerprint density at radius 3 is 2.05 bits per heavy atom. The zero-order chi connectivity index (χ0) is 31.3. The molecule has 0 atom stereocenters. The van der Waals surface area contributed by atoms with Crippen molar-refractivity contribution in [3.8, 4) is 5.75 Å². The van der Waals surface area contributed by atoms with Gasteiger partial charge in [-0.25, -0.2) is 9.97 Å². The number of aromatic nitrogens is 2. The standard InChI is InChI=1S/C31H30F3N7O3/c1-20-3-6-23(37-28(42)21-4-11-26(12-5-21)44-31(32,33)34)17-27(20)29(43)38-24-18-35-30(36-19-24)39-22-7-9-25(10-8-22)41-15-13-40(2)14-16-41/h3-12,17-19H,13-16H2,1-2H3,(H,37,42)(H,38,43)(H,35,36,39). The Bertz CT molecular complexity index is 1610. The molecule has 0 spiro atoms. The number of halogens is 3. The van der Waals surface area contributed by atoms with Crippen molar-refractivity contribution >= 4 is 40.5 Å². The number of rotatable bonds is 8. The highest BCUT2D eigenvalue weighted by atomic mass is 19.4. The second-order valence-corrected chi connectivity index (χ2v) is 10.3. The maximum atomic E-state index is 13.0. The number of anilines is 5. The lowest BCUT2D eigenvalue weighted by molar-refractivity contribution is -0.274. The average Bonchev–Trinajstić information content (AvgIpc) is 2.99. The van der Waals surface area contributed by atoms with Crippen LogP contribution < -0.4 is 25.6 Å². The highest BCUT2D eigenvalue weighted by Crippen LogP contribution is 2.24. The number of benzene rings is 3. The lowest BCUT2D eigenvalue weighted by atomic mass is 10.1. The molecule has 13 heteroatoms. The molecule has 0 radical (unpaired) electrons. The number of alkyl halides is 3. The second-order valence-electron chi connectivity index (χ2n) is 10.3. The van der Waals surface area contributed by atoms with E-state index >= 15 is 0 Å². The van der Waals surface area contributed by atoms with Crippen LogP contribution in [-0.4, -0.2) is 66.3 Å². The van der Waals surface area contributed by atoms with E-state index in [2.05, 4.69) is 59.6 Å². The maximum Gasteiger partial charge on any atom is 0.573 e. The summed E-state index contributed by atoms with van der Waals surface area (Å²) in [7, 11) is 2.12. The number of carbonyl (C=O) groups excluding carboxylic acids is 2. The molecule has 3 N–H and O–H groups in total. The summed E-state index contributed by atoms with van der Waals surface area (Å²) in [5.74, 6) is -1.07. The molecule has 1 aliphatic rings. The van der Waals surface area contributed by atoms with Crippen LogP contribution in [0, 0.1) is 6.92 Å². The molecule has 1 aromatic heterocycles. The van der Waals surface area contributed by atoms with E-state index in [1.165, 1.54) is 30.6 Å². The van der Waals surface area contributed by atoms with E-state index < -0.39 is 23.9 Å². The molecule has 2 amide bonds. The van der Waals surface area contributed by atoms with E-state index in [1.807, 2.05) is 12.1 Å². The Kier molecular flexibility index (Phi) is 8.95. The van der Waals surface area contributed by atoms with Gasteiger partial charge in [0, 0.05) is 54.4 Å². The fourth-order valence-electron chi connectivity index (χ4n) is 4.56. The Morgan fingerprint density at radius 1 is 0.795 bits per heavy atom. The van der Waals surface area contributed by atoms with E-state index in [-0.39, 0.29) is 5.56 Å². The van der Waals surface area contributed by atoms with Gasteiger partial charge in [-0.3, -0.25) is 9.59 Å². The summed E-state index contributed by atoms with van der Waals surface area (Å²) >= 11 is 0. The van der Waals surface area contributed by atoms with Crippen molar-refractivity contribution in [2.45, 2.75) is 13.3 Å². The molecule has 228 valence electrons. The van der Waals surface area contributed by atoms with Crippen LogP contribution in [0.5, 0.6) is 5.75 Å². The number of likely N-dealkylation sites (N-methyl/N-ethyl adjacent to an activating group) is 1. The summed E-state index contributed by atoms with van der Waals surface area (Å²) in [6.07, 6.45) is -1.86. The van der Waals surface area contributed by atoms with Gasteiger partial charge in [-0.2, -0.15) is 0 Å². The monoisotopic (exact) mass is 605 g/mol. The molecule has 1 fully saturated rings. The Balaban J connectivity index is 1.17. The number of piperazine rings is 1. The van der Waals surface area contributed by atoms with Gasteiger partial charge in [0.2, 0.25) is 5.95 Å². The fourth-order valence-corrected chi connectivity index (χ4v) is 4.56. The maximum absolute atomic E-state index is 13.0. The molecule has 10 nitrogen and oxygen atoms in total. The number of amides is 2. The van der Waals surface area contributed by atoms with Crippen molar-refractivity contribution in [2.75, 3.05) is 54.1 Å². The molecular weight excluding hydrogens is 575 g/mol. The third-order valence-corrected chi connectivity index (χ3v) is 6.99. The van der Waals surface area contributed by atoms with E-state index in [0.29, 0.717) is 28.5 Å². The third-order valence-electron chi connectivity index (χ3n) is 6.99. The summed E-state index contributed by atoms with van der Waals surface area (Å²) in [5.41, 5.74) is 3.78. The molecule has 0 saturated carbocycles. The molecule has 3 aromatic carbocycles. The van der Waals surface area contributed by atoms with Gasteiger partial charge in [0.05, 0.1) is 18.1 Å². The predicted octanol–water partition coefficient (Wildman–Crippen LogP) is 5.68. The fraction of sp³-hybridized carbons (Fsp3) is 0.226. The molecule has 1 saturated heterocycles. The van der Waals surface area contributed by atoms with Crippen molar-refractivity contribution in [3.05, 3.63) is 95.8 Å². The number of nitrogens with zero attached hydrogens (tertiary/aromatic N) is 4. The lowest BCUT2D eigenvalue weighted by Crippen LogP contribution is -2.44. The molecule has 5 rings (SSSR count). The van der Waals surface area contributed by atoms with E-state index in [9.17, 15) is 22.8 Å². The highest BCUT2D eigenvalue weighted by molar-refractivity contribution is 6.08. The van der Waals surface area contributed by atoms with E-state index in [4.69, 9.17) is 0 Å². The van der Waals surface area contributed by atoms with Crippen LogP contribution in [0.4, 0.5) is 41.9 Å². The van der Waals surface area contributed by atoms with Gasteiger partial charge in [-0.05, 0) is 80.2 Å². The van der Waals surface area contributed by atoms with Gasteiger partial charge >= 0.3 is 6.36 Å². The largest absolute Gasteiger partial charge is 0.573 e. The molecule has 0 bridgehead atoms. The first-order valence-electron chi connectivity index (χ1n) is 13.7. The van der Waals surface area contributed by atoms with Gasteiger partial charge in [0.15, 0.2) is 0 Å². The van der Waals surface area contributed by atoms with Crippen molar-refractivity contribution in [1.29, 1.82) is 0 Å². The number of nitrogens with one attached hydrogen (secondary N) is 3. The SMILES string of the molecule is Cc1ccc(NC(=O)c2ccc(OC(F)(F)F)cc2)cc1C(=O)Nc1cnc(Nc2ccc(N3CCN(C)CC3)cc2)nc1. The van der Waals surface area contributed by atoms with Gasteiger partial charge < -0.3 is 30.5 Å². The third kappa shape index (κ3) is 8.01. The minimum atomic E-state index is -4.83. The summed E-state index contributed by atoms with van der Waals surface area (Å²) in [4.78, 5) is 38.9. The number of carbonyl (C=O) groups is 2. The highest BCUT2D eigenvalue weighted by Gasteiger charge is 2.31.